The summed E-state index contributed by atoms with van der Waals surface area (Å²) in [7, 11) is 0. The van der Waals surface area contributed by atoms with Gasteiger partial charge in [0.05, 0.1) is 13.2 Å². The Labute approximate surface area is 162 Å². The molecule has 0 atom stereocenters. The lowest BCUT2D eigenvalue weighted by Crippen LogP contribution is -2.26. The summed E-state index contributed by atoms with van der Waals surface area (Å²) < 4.78 is 22.6. The van der Waals surface area contributed by atoms with Crippen molar-refractivity contribution >= 4 is 12.4 Å². The number of rotatable bonds is 12. The number of para-hydroxylation sites is 4. The molecule has 1 N–H and O–H groups in total. The quantitative estimate of drug-likeness (QED) is 0.564. The highest BCUT2D eigenvalue weighted by molar-refractivity contribution is 5.85. The van der Waals surface area contributed by atoms with Gasteiger partial charge >= 0.3 is 0 Å². The first-order valence-corrected chi connectivity index (χ1v) is 8.75. The van der Waals surface area contributed by atoms with Gasteiger partial charge in [0.1, 0.15) is 13.2 Å². The highest BCUT2D eigenvalue weighted by Crippen LogP contribution is 2.26. The van der Waals surface area contributed by atoms with Crippen molar-refractivity contribution in [2.24, 2.45) is 0 Å². The van der Waals surface area contributed by atoms with Crippen molar-refractivity contribution in [3.05, 3.63) is 48.5 Å². The van der Waals surface area contributed by atoms with Gasteiger partial charge in [0.2, 0.25) is 0 Å². The third-order valence-electron chi connectivity index (χ3n) is 3.37. The standard InChI is InChI=1S/C20H27NO4.ClH/c1-3-22-17-9-5-7-11-19(17)24-15-13-21-14-16-25-20-12-8-6-10-18(20)23-4-2;/h5-12,21H,3-4,13-16H2,1-2H3;1H. The van der Waals surface area contributed by atoms with E-state index in [1.165, 1.54) is 0 Å². The number of benzene rings is 2. The van der Waals surface area contributed by atoms with E-state index in [0.29, 0.717) is 26.4 Å². The van der Waals surface area contributed by atoms with Gasteiger partial charge in [-0.25, -0.2) is 0 Å². The van der Waals surface area contributed by atoms with Crippen molar-refractivity contribution in [3.8, 4) is 23.0 Å². The minimum atomic E-state index is 0. The average Bonchev–Trinajstić information content (AvgIpc) is 2.64. The second-order valence-corrected chi connectivity index (χ2v) is 5.21. The summed E-state index contributed by atoms with van der Waals surface area (Å²) in [5.41, 5.74) is 0. The summed E-state index contributed by atoms with van der Waals surface area (Å²) >= 11 is 0. The number of halogens is 1. The van der Waals surface area contributed by atoms with Gasteiger partial charge in [-0.05, 0) is 38.1 Å². The molecule has 2 aromatic rings. The van der Waals surface area contributed by atoms with E-state index >= 15 is 0 Å². The number of hydrogen-bond acceptors (Lipinski definition) is 5. The predicted molar refractivity (Wildman–Crippen MR) is 106 cm³/mol. The summed E-state index contributed by atoms with van der Waals surface area (Å²) in [6.07, 6.45) is 0. The van der Waals surface area contributed by atoms with Crippen molar-refractivity contribution in [2.45, 2.75) is 13.8 Å². The Hall–Kier alpha value is -2.11. The summed E-state index contributed by atoms with van der Waals surface area (Å²) in [6.45, 7) is 7.77. The highest BCUT2D eigenvalue weighted by Gasteiger charge is 2.04. The molecule has 0 radical (unpaired) electrons. The van der Waals surface area contributed by atoms with Gasteiger partial charge in [-0.2, -0.15) is 0 Å². The minimum Gasteiger partial charge on any atom is -0.490 e. The second-order valence-electron chi connectivity index (χ2n) is 5.21. The molecule has 0 spiro atoms. The van der Waals surface area contributed by atoms with E-state index in [2.05, 4.69) is 5.32 Å². The predicted octanol–water partition coefficient (Wildman–Crippen LogP) is 3.95. The molecule has 0 aromatic heterocycles. The van der Waals surface area contributed by atoms with E-state index in [1.807, 2.05) is 62.4 Å². The summed E-state index contributed by atoms with van der Waals surface area (Å²) in [5, 5.41) is 3.30. The fraction of sp³-hybridized carbons (Fsp3) is 0.400. The lowest BCUT2D eigenvalue weighted by Gasteiger charge is -2.13. The highest BCUT2D eigenvalue weighted by atomic mass is 35.5. The van der Waals surface area contributed by atoms with Gasteiger partial charge in [0.15, 0.2) is 23.0 Å². The Morgan fingerprint density at radius 3 is 1.31 bits per heavy atom. The summed E-state index contributed by atoms with van der Waals surface area (Å²) in [5.74, 6) is 3.10. The molecule has 0 aliphatic heterocycles. The molecule has 0 aliphatic carbocycles. The molecule has 0 aliphatic rings. The first kappa shape index (κ1) is 21.9. The van der Waals surface area contributed by atoms with Crippen LogP contribution in [0.15, 0.2) is 48.5 Å². The molecule has 0 fully saturated rings. The number of ether oxygens (including phenoxy) is 4. The Morgan fingerprint density at radius 1 is 0.615 bits per heavy atom. The zero-order chi connectivity index (χ0) is 17.7. The molecule has 0 saturated heterocycles. The molecule has 2 aromatic carbocycles. The van der Waals surface area contributed by atoms with Crippen LogP contribution in [0.4, 0.5) is 0 Å². The molecule has 0 unspecified atom stereocenters. The van der Waals surface area contributed by atoms with Crippen LogP contribution in [0.5, 0.6) is 23.0 Å². The zero-order valence-electron chi connectivity index (χ0n) is 15.4. The average molecular weight is 382 g/mol. The van der Waals surface area contributed by atoms with Crippen LogP contribution in [-0.2, 0) is 0 Å². The van der Waals surface area contributed by atoms with Crippen LogP contribution >= 0.6 is 12.4 Å². The monoisotopic (exact) mass is 381 g/mol. The number of hydrogen-bond donors (Lipinski definition) is 1. The van der Waals surface area contributed by atoms with Crippen LogP contribution in [0.2, 0.25) is 0 Å². The first-order valence-electron chi connectivity index (χ1n) is 8.75. The van der Waals surface area contributed by atoms with Crippen molar-refractivity contribution < 1.29 is 18.9 Å². The van der Waals surface area contributed by atoms with Gasteiger partial charge in [0, 0.05) is 13.1 Å². The third-order valence-corrected chi connectivity index (χ3v) is 3.37. The SMILES string of the molecule is CCOc1ccccc1OCCNCCOc1ccccc1OCC.Cl. The molecule has 144 valence electrons. The van der Waals surface area contributed by atoms with E-state index < -0.39 is 0 Å². The first-order chi connectivity index (χ1) is 12.3. The Kier molecular flexibility index (Phi) is 11.1. The van der Waals surface area contributed by atoms with E-state index in [0.717, 1.165) is 36.1 Å². The lowest BCUT2D eigenvalue weighted by atomic mass is 10.3. The molecule has 0 bridgehead atoms. The summed E-state index contributed by atoms with van der Waals surface area (Å²) in [6, 6.07) is 15.4. The number of nitrogens with one attached hydrogen (secondary N) is 1. The van der Waals surface area contributed by atoms with Crippen molar-refractivity contribution in [1.29, 1.82) is 0 Å². The Morgan fingerprint density at radius 2 is 0.962 bits per heavy atom. The van der Waals surface area contributed by atoms with Crippen LogP contribution in [0.25, 0.3) is 0 Å². The largest absolute Gasteiger partial charge is 0.490 e. The molecule has 0 saturated carbocycles. The third kappa shape index (κ3) is 7.42. The van der Waals surface area contributed by atoms with Crippen LogP contribution in [0.3, 0.4) is 0 Å². The van der Waals surface area contributed by atoms with Crippen molar-refractivity contribution in [3.63, 3.8) is 0 Å². The maximum absolute atomic E-state index is 5.76. The fourth-order valence-corrected chi connectivity index (χ4v) is 2.28. The Bertz CT molecular complexity index is 571. The maximum Gasteiger partial charge on any atom is 0.161 e. The second kappa shape index (κ2) is 13.1. The van der Waals surface area contributed by atoms with Gasteiger partial charge < -0.3 is 24.3 Å². The van der Waals surface area contributed by atoms with Crippen molar-refractivity contribution in [2.75, 3.05) is 39.5 Å². The van der Waals surface area contributed by atoms with Gasteiger partial charge in [-0.3, -0.25) is 0 Å². The fourth-order valence-electron chi connectivity index (χ4n) is 2.28. The van der Waals surface area contributed by atoms with Gasteiger partial charge in [-0.1, -0.05) is 24.3 Å². The molecule has 0 amide bonds. The molecule has 26 heavy (non-hydrogen) atoms. The molecular weight excluding hydrogens is 354 g/mol. The van der Waals surface area contributed by atoms with Crippen LogP contribution < -0.4 is 24.3 Å². The van der Waals surface area contributed by atoms with Crippen molar-refractivity contribution in [1.82, 2.24) is 5.32 Å². The van der Waals surface area contributed by atoms with E-state index in [-0.39, 0.29) is 12.4 Å². The van der Waals surface area contributed by atoms with Gasteiger partial charge in [0.25, 0.3) is 0 Å². The minimum absolute atomic E-state index is 0. The molecule has 0 heterocycles. The molecule has 5 nitrogen and oxygen atoms in total. The van der Waals surface area contributed by atoms with Crippen LogP contribution in [0, 0.1) is 0 Å². The van der Waals surface area contributed by atoms with E-state index in [1.54, 1.807) is 0 Å². The maximum atomic E-state index is 5.76. The van der Waals surface area contributed by atoms with E-state index in [9.17, 15) is 0 Å². The lowest BCUT2D eigenvalue weighted by molar-refractivity contribution is 0.260. The van der Waals surface area contributed by atoms with Crippen LogP contribution in [-0.4, -0.2) is 39.5 Å². The summed E-state index contributed by atoms with van der Waals surface area (Å²) in [4.78, 5) is 0. The smallest absolute Gasteiger partial charge is 0.161 e. The molecular formula is C20H28ClNO4. The van der Waals surface area contributed by atoms with Crippen LogP contribution in [0.1, 0.15) is 13.8 Å². The Balaban J connectivity index is 0.00000338. The van der Waals surface area contributed by atoms with E-state index in [4.69, 9.17) is 18.9 Å². The normalized spacial score (nSPS) is 9.92. The van der Waals surface area contributed by atoms with Gasteiger partial charge in [-0.15, -0.1) is 12.4 Å². The zero-order valence-corrected chi connectivity index (χ0v) is 16.2. The molecule has 6 heteroatoms. The molecule has 2 rings (SSSR count). The topological polar surface area (TPSA) is 49.0 Å².